The van der Waals surface area contributed by atoms with Crippen molar-refractivity contribution in [3.05, 3.63) is 24.3 Å². The van der Waals surface area contributed by atoms with Crippen molar-refractivity contribution in [2.24, 2.45) is 4.99 Å². The van der Waals surface area contributed by atoms with E-state index in [1.807, 2.05) is 12.1 Å². The lowest BCUT2D eigenvalue weighted by molar-refractivity contribution is 0.259. The number of hydrogen-bond donors (Lipinski definition) is 1. The average molecular weight is 189 g/mol. The van der Waals surface area contributed by atoms with Crippen LogP contribution in [-0.2, 0) is 0 Å². The summed E-state index contributed by atoms with van der Waals surface area (Å²) in [6, 6.07) is 6.75. The van der Waals surface area contributed by atoms with E-state index < -0.39 is 6.03 Å². The quantitative estimate of drug-likeness (QED) is 0.698. The molecule has 1 aromatic carbocycles. The Kier molecular flexibility index (Phi) is 1.98. The Labute approximate surface area is 79.5 Å². The average Bonchev–Trinajstić information content (AvgIpc) is 2.59. The minimum atomic E-state index is -0.587. The SMILES string of the molecule is C=NC(=O)Nc1nc2ccccc2o1. The third kappa shape index (κ3) is 1.47. The molecule has 0 aliphatic carbocycles. The molecule has 0 unspecified atom stereocenters. The van der Waals surface area contributed by atoms with Crippen LogP contribution in [0.15, 0.2) is 33.7 Å². The number of benzene rings is 1. The summed E-state index contributed by atoms with van der Waals surface area (Å²) < 4.78 is 5.21. The van der Waals surface area contributed by atoms with Crippen molar-refractivity contribution in [3.8, 4) is 0 Å². The molecule has 1 N–H and O–H groups in total. The zero-order valence-corrected chi connectivity index (χ0v) is 7.23. The van der Waals surface area contributed by atoms with Gasteiger partial charge in [0.15, 0.2) is 5.58 Å². The molecule has 5 nitrogen and oxygen atoms in total. The molecule has 0 saturated carbocycles. The first-order chi connectivity index (χ1) is 6.79. The Bertz CT molecular complexity index is 457. The maximum Gasteiger partial charge on any atom is 0.348 e. The van der Waals surface area contributed by atoms with Crippen LogP contribution < -0.4 is 5.32 Å². The van der Waals surface area contributed by atoms with Crippen LogP contribution in [-0.4, -0.2) is 17.7 Å². The number of amides is 2. The van der Waals surface area contributed by atoms with Crippen LogP contribution >= 0.6 is 0 Å². The molecule has 0 spiro atoms. The molecule has 70 valence electrons. The fourth-order valence-corrected chi connectivity index (χ4v) is 1.06. The summed E-state index contributed by atoms with van der Waals surface area (Å²) in [4.78, 5) is 18.0. The molecule has 1 aromatic heterocycles. The van der Waals surface area contributed by atoms with Crippen molar-refractivity contribution in [2.45, 2.75) is 0 Å². The van der Waals surface area contributed by atoms with Crippen molar-refractivity contribution in [3.63, 3.8) is 0 Å². The molecule has 0 aliphatic heterocycles. The van der Waals surface area contributed by atoms with Gasteiger partial charge >= 0.3 is 12.0 Å². The Morgan fingerprint density at radius 2 is 2.29 bits per heavy atom. The summed E-state index contributed by atoms with van der Waals surface area (Å²) in [6.45, 7) is 3.08. The van der Waals surface area contributed by atoms with Crippen LogP contribution in [0.5, 0.6) is 0 Å². The number of carbonyl (C=O) groups excluding carboxylic acids is 1. The Morgan fingerprint density at radius 1 is 1.50 bits per heavy atom. The van der Waals surface area contributed by atoms with E-state index in [2.05, 4.69) is 22.0 Å². The third-order valence-corrected chi connectivity index (χ3v) is 1.65. The summed E-state index contributed by atoms with van der Waals surface area (Å²) >= 11 is 0. The van der Waals surface area contributed by atoms with Gasteiger partial charge < -0.3 is 4.42 Å². The number of hydrogen-bond acceptors (Lipinski definition) is 3. The lowest BCUT2D eigenvalue weighted by Gasteiger charge is -1.90. The lowest BCUT2D eigenvalue weighted by atomic mass is 10.3. The van der Waals surface area contributed by atoms with Gasteiger partial charge in [-0.05, 0) is 18.9 Å². The van der Waals surface area contributed by atoms with Crippen LogP contribution in [0.2, 0.25) is 0 Å². The lowest BCUT2D eigenvalue weighted by Crippen LogP contribution is -2.05. The van der Waals surface area contributed by atoms with Gasteiger partial charge in [0.1, 0.15) is 5.52 Å². The Balaban J connectivity index is 2.35. The number of fused-ring (bicyclic) bond motifs is 1. The monoisotopic (exact) mass is 189 g/mol. The summed E-state index contributed by atoms with van der Waals surface area (Å²) in [5.41, 5.74) is 1.30. The van der Waals surface area contributed by atoms with E-state index >= 15 is 0 Å². The van der Waals surface area contributed by atoms with Crippen LogP contribution in [0.4, 0.5) is 10.8 Å². The van der Waals surface area contributed by atoms with Gasteiger partial charge in [-0.1, -0.05) is 12.1 Å². The standard InChI is InChI=1S/C9H7N3O2/c1-10-8(13)12-9-11-6-4-2-3-5-7(6)14-9/h2-5H,1H2,(H,11,12,13). The third-order valence-electron chi connectivity index (χ3n) is 1.65. The van der Waals surface area contributed by atoms with Crippen LogP contribution in [0.3, 0.4) is 0 Å². The van der Waals surface area contributed by atoms with Crippen LogP contribution in [0.1, 0.15) is 0 Å². The van der Waals surface area contributed by atoms with E-state index in [9.17, 15) is 4.79 Å². The predicted molar refractivity (Wildman–Crippen MR) is 52.6 cm³/mol. The molecule has 0 aliphatic rings. The second-order valence-corrected chi connectivity index (χ2v) is 2.58. The van der Waals surface area contributed by atoms with Gasteiger partial charge in [0.2, 0.25) is 0 Å². The molecule has 0 atom stereocenters. The van der Waals surface area contributed by atoms with Crippen LogP contribution in [0, 0.1) is 0 Å². The first-order valence-electron chi connectivity index (χ1n) is 3.93. The molecule has 0 bridgehead atoms. The second kappa shape index (κ2) is 3.29. The molecule has 2 rings (SSSR count). The number of nitrogens with zero attached hydrogens (tertiary/aromatic N) is 2. The number of anilines is 1. The zero-order chi connectivity index (χ0) is 9.97. The molecule has 2 aromatic rings. The normalized spacial score (nSPS) is 10.0. The summed E-state index contributed by atoms with van der Waals surface area (Å²) in [6.07, 6.45) is 0. The number of para-hydroxylation sites is 2. The van der Waals surface area contributed by atoms with E-state index in [0.717, 1.165) is 0 Å². The maximum atomic E-state index is 10.8. The minimum absolute atomic E-state index is 0.128. The molecule has 2 amide bonds. The highest BCUT2D eigenvalue weighted by Gasteiger charge is 2.06. The molecule has 5 heteroatoms. The van der Waals surface area contributed by atoms with E-state index in [1.54, 1.807) is 12.1 Å². The molecule has 0 saturated heterocycles. The van der Waals surface area contributed by atoms with Crippen molar-refractivity contribution in [2.75, 3.05) is 5.32 Å². The van der Waals surface area contributed by atoms with E-state index in [0.29, 0.717) is 11.1 Å². The highest BCUT2D eigenvalue weighted by atomic mass is 16.4. The van der Waals surface area contributed by atoms with Crippen molar-refractivity contribution in [1.29, 1.82) is 0 Å². The largest absolute Gasteiger partial charge is 0.423 e. The highest BCUT2D eigenvalue weighted by Crippen LogP contribution is 2.17. The van der Waals surface area contributed by atoms with E-state index in [-0.39, 0.29) is 6.01 Å². The molecule has 1 heterocycles. The smallest absolute Gasteiger partial charge is 0.348 e. The predicted octanol–water partition coefficient (Wildman–Crippen LogP) is 2.06. The number of carbonyl (C=O) groups is 1. The number of aromatic nitrogens is 1. The van der Waals surface area contributed by atoms with Crippen molar-refractivity contribution >= 4 is 29.9 Å². The van der Waals surface area contributed by atoms with Gasteiger partial charge in [0.05, 0.1) is 0 Å². The molecular weight excluding hydrogens is 182 g/mol. The topological polar surface area (TPSA) is 67.5 Å². The van der Waals surface area contributed by atoms with Crippen molar-refractivity contribution in [1.82, 2.24) is 4.98 Å². The molecule has 0 radical (unpaired) electrons. The van der Waals surface area contributed by atoms with E-state index in [1.165, 1.54) is 0 Å². The van der Waals surface area contributed by atoms with Crippen molar-refractivity contribution < 1.29 is 9.21 Å². The number of rotatable bonds is 1. The summed E-state index contributed by atoms with van der Waals surface area (Å²) in [5.74, 6) is 0. The first kappa shape index (κ1) is 8.43. The second-order valence-electron chi connectivity index (χ2n) is 2.58. The minimum Gasteiger partial charge on any atom is -0.423 e. The van der Waals surface area contributed by atoms with Crippen LogP contribution in [0.25, 0.3) is 11.1 Å². The number of oxazole rings is 1. The van der Waals surface area contributed by atoms with Gasteiger partial charge in [-0.3, -0.25) is 5.32 Å². The molecular formula is C9H7N3O2. The Hall–Kier alpha value is -2.17. The number of aliphatic imine (C=N–C) groups is 1. The molecule has 0 fully saturated rings. The fraction of sp³-hybridized carbons (Fsp3) is 0. The van der Waals surface area contributed by atoms with Gasteiger partial charge in [0.25, 0.3) is 0 Å². The molecule has 14 heavy (non-hydrogen) atoms. The Morgan fingerprint density at radius 3 is 3.00 bits per heavy atom. The summed E-state index contributed by atoms with van der Waals surface area (Å²) in [5, 5.41) is 2.34. The van der Waals surface area contributed by atoms with Gasteiger partial charge in [-0.2, -0.15) is 4.98 Å². The van der Waals surface area contributed by atoms with Gasteiger partial charge in [-0.15, -0.1) is 0 Å². The highest BCUT2D eigenvalue weighted by molar-refractivity contribution is 5.91. The fourth-order valence-electron chi connectivity index (χ4n) is 1.06. The zero-order valence-electron chi connectivity index (χ0n) is 7.23. The first-order valence-corrected chi connectivity index (χ1v) is 3.93. The summed E-state index contributed by atoms with van der Waals surface area (Å²) in [7, 11) is 0. The van der Waals surface area contributed by atoms with Gasteiger partial charge in [-0.25, -0.2) is 9.79 Å². The van der Waals surface area contributed by atoms with E-state index in [4.69, 9.17) is 4.42 Å². The number of nitrogens with one attached hydrogen (secondary N) is 1. The maximum absolute atomic E-state index is 10.8. The van der Waals surface area contributed by atoms with Gasteiger partial charge in [0, 0.05) is 0 Å². The number of urea groups is 1.